The number of amides is 2. The number of nitrogens with zero attached hydrogens (tertiary/aromatic N) is 1. The van der Waals surface area contributed by atoms with Crippen molar-refractivity contribution in [2.24, 2.45) is 0 Å². The quantitative estimate of drug-likeness (QED) is 0.903. The average molecular weight is 318 g/mol. The van der Waals surface area contributed by atoms with Crippen molar-refractivity contribution in [2.45, 2.75) is 19.4 Å². The van der Waals surface area contributed by atoms with Crippen LogP contribution in [0.25, 0.3) is 0 Å². The van der Waals surface area contributed by atoms with E-state index in [1.54, 1.807) is 18.2 Å². The Morgan fingerprint density at radius 1 is 1.30 bits per heavy atom. The molecule has 1 aliphatic rings. The van der Waals surface area contributed by atoms with E-state index in [-0.39, 0.29) is 11.8 Å². The molecule has 2 amide bonds. The van der Waals surface area contributed by atoms with Gasteiger partial charge in [0.2, 0.25) is 0 Å². The largest absolute Gasteiger partial charge is 0.486 e. The first kappa shape index (κ1) is 15.3. The van der Waals surface area contributed by atoms with Gasteiger partial charge in [-0.3, -0.25) is 4.90 Å². The van der Waals surface area contributed by atoms with Gasteiger partial charge < -0.3 is 10.1 Å². The van der Waals surface area contributed by atoms with Gasteiger partial charge in [0.15, 0.2) is 0 Å². The molecule has 1 unspecified atom stereocenters. The summed E-state index contributed by atoms with van der Waals surface area (Å²) in [6.07, 6.45) is 0.583. The van der Waals surface area contributed by atoms with Crippen LogP contribution in [0.4, 0.5) is 25.0 Å². The Morgan fingerprint density at radius 2 is 2.09 bits per heavy atom. The van der Waals surface area contributed by atoms with Crippen molar-refractivity contribution in [1.29, 1.82) is 0 Å². The zero-order chi connectivity index (χ0) is 16.4. The van der Waals surface area contributed by atoms with Gasteiger partial charge in [0, 0.05) is 6.07 Å². The lowest BCUT2D eigenvalue weighted by Crippen LogP contribution is -2.45. The van der Waals surface area contributed by atoms with E-state index in [0.29, 0.717) is 18.0 Å². The Kier molecular flexibility index (Phi) is 4.14. The van der Waals surface area contributed by atoms with Crippen molar-refractivity contribution >= 4 is 17.4 Å². The van der Waals surface area contributed by atoms with Crippen molar-refractivity contribution in [3.05, 3.63) is 54.1 Å². The summed E-state index contributed by atoms with van der Waals surface area (Å²) in [5.41, 5.74) is 0.415. The molecule has 23 heavy (non-hydrogen) atoms. The zero-order valence-corrected chi connectivity index (χ0v) is 12.6. The van der Waals surface area contributed by atoms with E-state index in [2.05, 4.69) is 5.32 Å². The fourth-order valence-electron chi connectivity index (χ4n) is 2.48. The highest BCUT2D eigenvalue weighted by Gasteiger charge is 2.29. The first-order valence-electron chi connectivity index (χ1n) is 7.37. The average Bonchev–Trinajstić information content (AvgIpc) is 2.57. The molecular formula is C17H16F2N2O2. The molecule has 0 fully saturated rings. The maximum absolute atomic E-state index is 13.7. The Hall–Kier alpha value is -2.63. The first-order chi connectivity index (χ1) is 11.1. The molecule has 0 spiro atoms. The molecule has 0 saturated heterocycles. The maximum atomic E-state index is 13.7. The summed E-state index contributed by atoms with van der Waals surface area (Å²) in [5.74, 6) is -0.704. The number of para-hydroxylation sites is 2. The number of anilines is 2. The smallest absolute Gasteiger partial charge is 0.326 e. The number of hydrogen-bond acceptors (Lipinski definition) is 2. The van der Waals surface area contributed by atoms with E-state index in [4.69, 9.17) is 4.74 Å². The predicted octanol–water partition coefficient (Wildman–Crippen LogP) is 4.17. The number of carbonyl (C=O) groups excluding carboxylic acids is 1. The van der Waals surface area contributed by atoms with Gasteiger partial charge in [-0.25, -0.2) is 13.6 Å². The van der Waals surface area contributed by atoms with E-state index < -0.39 is 17.7 Å². The maximum Gasteiger partial charge on any atom is 0.326 e. The summed E-state index contributed by atoms with van der Waals surface area (Å²) in [4.78, 5) is 14.0. The van der Waals surface area contributed by atoms with Crippen molar-refractivity contribution in [2.75, 3.05) is 16.8 Å². The van der Waals surface area contributed by atoms with Crippen LogP contribution < -0.4 is 15.0 Å². The number of benzene rings is 2. The Balaban J connectivity index is 1.88. The summed E-state index contributed by atoms with van der Waals surface area (Å²) < 4.78 is 32.8. The molecule has 1 N–H and O–H groups in total. The molecule has 4 nitrogen and oxygen atoms in total. The molecule has 2 aromatic rings. The third-order valence-corrected chi connectivity index (χ3v) is 3.71. The summed E-state index contributed by atoms with van der Waals surface area (Å²) >= 11 is 0. The van der Waals surface area contributed by atoms with Crippen LogP contribution in [0.15, 0.2) is 42.5 Å². The van der Waals surface area contributed by atoms with Crippen LogP contribution in [0, 0.1) is 11.6 Å². The minimum Gasteiger partial charge on any atom is -0.486 e. The second-order valence-electron chi connectivity index (χ2n) is 5.28. The van der Waals surface area contributed by atoms with Crippen LogP contribution in [0.1, 0.15) is 13.3 Å². The molecule has 2 aromatic carbocycles. The Morgan fingerprint density at radius 3 is 2.87 bits per heavy atom. The number of fused-ring (bicyclic) bond motifs is 1. The number of carbonyl (C=O) groups is 1. The fraction of sp³-hybridized carbons (Fsp3) is 0.235. The first-order valence-corrected chi connectivity index (χ1v) is 7.37. The molecular weight excluding hydrogens is 302 g/mol. The molecule has 0 aromatic heterocycles. The van der Waals surface area contributed by atoms with Crippen LogP contribution in [0.3, 0.4) is 0 Å². The van der Waals surface area contributed by atoms with Gasteiger partial charge >= 0.3 is 6.03 Å². The molecule has 0 saturated carbocycles. The normalized spacial score (nSPS) is 16.5. The minimum absolute atomic E-state index is 0.145. The molecule has 0 radical (unpaired) electrons. The highest BCUT2D eigenvalue weighted by atomic mass is 19.1. The third kappa shape index (κ3) is 3.11. The predicted molar refractivity (Wildman–Crippen MR) is 83.9 cm³/mol. The second kappa shape index (κ2) is 6.24. The Labute approximate surface area is 132 Å². The van der Waals surface area contributed by atoms with E-state index in [9.17, 15) is 13.6 Å². The van der Waals surface area contributed by atoms with Gasteiger partial charge in [0.25, 0.3) is 0 Å². The Bertz CT molecular complexity index is 736. The topological polar surface area (TPSA) is 41.6 Å². The lowest BCUT2D eigenvalue weighted by molar-refractivity contribution is 0.188. The molecule has 1 aliphatic heterocycles. The van der Waals surface area contributed by atoms with Crippen LogP contribution >= 0.6 is 0 Å². The van der Waals surface area contributed by atoms with E-state index in [1.165, 1.54) is 4.90 Å². The zero-order valence-electron chi connectivity index (χ0n) is 12.6. The van der Waals surface area contributed by atoms with Gasteiger partial charge in [0.05, 0.1) is 17.9 Å². The van der Waals surface area contributed by atoms with Crippen molar-refractivity contribution in [1.82, 2.24) is 0 Å². The number of rotatable bonds is 2. The molecule has 120 valence electrons. The molecule has 3 rings (SSSR count). The monoisotopic (exact) mass is 318 g/mol. The number of halogens is 2. The van der Waals surface area contributed by atoms with Gasteiger partial charge in [-0.2, -0.15) is 0 Å². The van der Waals surface area contributed by atoms with Crippen molar-refractivity contribution in [3.63, 3.8) is 0 Å². The standard InChI is InChI=1S/C17H16F2N2O2/c1-2-12-10-21(15-5-3-4-6-16(15)23-12)17(22)20-14-9-11(18)7-8-13(14)19/h3-9,12H,2,10H2,1H3,(H,20,22). The lowest BCUT2D eigenvalue weighted by Gasteiger charge is -2.34. The second-order valence-corrected chi connectivity index (χ2v) is 5.28. The van der Waals surface area contributed by atoms with Gasteiger partial charge in [-0.1, -0.05) is 19.1 Å². The molecule has 1 atom stereocenters. The summed E-state index contributed by atoms with van der Waals surface area (Å²) in [7, 11) is 0. The molecule has 0 aliphatic carbocycles. The van der Waals surface area contributed by atoms with Crippen molar-refractivity contribution in [3.8, 4) is 5.75 Å². The van der Waals surface area contributed by atoms with E-state index in [1.807, 2.05) is 13.0 Å². The van der Waals surface area contributed by atoms with Crippen molar-refractivity contribution < 1.29 is 18.3 Å². The van der Waals surface area contributed by atoms with Crippen LogP contribution in [0.5, 0.6) is 5.75 Å². The molecule has 1 heterocycles. The van der Waals surface area contributed by atoms with Gasteiger partial charge in [-0.05, 0) is 30.7 Å². The van der Waals surface area contributed by atoms with E-state index in [0.717, 1.165) is 24.6 Å². The third-order valence-electron chi connectivity index (χ3n) is 3.71. The summed E-state index contributed by atoms with van der Waals surface area (Å²) in [6.45, 7) is 2.30. The number of urea groups is 1. The minimum atomic E-state index is -0.687. The SMILES string of the molecule is CCC1CN(C(=O)Nc2cc(F)ccc2F)c2ccccc2O1. The van der Waals surface area contributed by atoms with Crippen LogP contribution in [0.2, 0.25) is 0 Å². The molecule has 0 bridgehead atoms. The van der Waals surface area contributed by atoms with E-state index >= 15 is 0 Å². The summed E-state index contributed by atoms with van der Waals surface area (Å²) in [5, 5.41) is 2.42. The highest BCUT2D eigenvalue weighted by molar-refractivity contribution is 6.03. The number of hydrogen-bond donors (Lipinski definition) is 1. The summed E-state index contributed by atoms with van der Waals surface area (Å²) in [6, 6.07) is 9.55. The number of nitrogens with one attached hydrogen (secondary N) is 1. The van der Waals surface area contributed by atoms with Gasteiger partial charge in [-0.15, -0.1) is 0 Å². The van der Waals surface area contributed by atoms with Crippen LogP contribution in [-0.2, 0) is 0 Å². The lowest BCUT2D eigenvalue weighted by atomic mass is 10.1. The van der Waals surface area contributed by atoms with Gasteiger partial charge in [0.1, 0.15) is 23.5 Å². The fourth-order valence-corrected chi connectivity index (χ4v) is 2.48. The highest BCUT2D eigenvalue weighted by Crippen LogP contribution is 2.34. The van der Waals surface area contributed by atoms with Crippen LogP contribution in [-0.4, -0.2) is 18.7 Å². The molecule has 6 heteroatoms. The number of ether oxygens (including phenoxy) is 1.